The van der Waals surface area contributed by atoms with E-state index in [1.165, 1.54) is 20.1 Å². The van der Waals surface area contributed by atoms with Crippen LogP contribution in [0.3, 0.4) is 0 Å². The van der Waals surface area contributed by atoms with Crippen LogP contribution in [0.25, 0.3) is 5.76 Å². The summed E-state index contributed by atoms with van der Waals surface area (Å²) in [5, 5.41) is 0. The van der Waals surface area contributed by atoms with E-state index in [2.05, 4.69) is 0 Å². The number of carbonyl (C=O) groups is 3. The Labute approximate surface area is 183 Å². The normalized spacial score (nSPS) is 20.4. The van der Waals surface area contributed by atoms with Gasteiger partial charge in [-0.15, -0.1) is 0 Å². The second-order valence-corrected chi connectivity index (χ2v) is 13.5. The lowest BCUT2D eigenvalue weighted by Crippen LogP contribution is -2.37. The van der Waals surface area contributed by atoms with E-state index in [0.717, 1.165) is 0 Å². The maximum atomic E-state index is 13.5. The lowest BCUT2D eigenvalue weighted by molar-refractivity contribution is -0.206. The molecule has 0 N–H and O–H groups in total. The zero-order valence-corrected chi connectivity index (χ0v) is 20.0. The molecule has 31 heavy (non-hydrogen) atoms. The van der Waals surface area contributed by atoms with Gasteiger partial charge in [-0.3, -0.25) is 9.59 Å². The van der Waals surface area contributed by atoms with Gasteiger partial charge < -0.3 is 18.6 Å². The van der Waals surface area contributed by atoms with Crippen molar-refractivity contribution in [2.45, 2.75) is 52.6 Å². The Hall–Kier alpha value is -2.87. The van der Waals surface area contributed by atoms with Crippen molar-refractivity contribution in [1.29, 1.82) is 0 Å². The lowest BCUT2D eigenvalue weighted by Gasteiger charge is -2.35. The van der Waals surface area contributed by atoms with Gasteiger partial charge in [0.05, 0.1) is 24.7 Å². The predicted molar refractivity (Wildman–Crippen MR) is 117 cm³/mol. The number of hydrogen-bond acceptors (Lipinski definition) is 7. The van der Waals surface area contributed by atoms with Gasteiger partial charge in [-0.05, 0) is 32.6 Å². The quantitative estimate of drug-likeness (QED) is 0.479. The smallest absolute Gasteiger partial charge is 0.337 e. The van der Waals surface area contributed by atoms with Crippen LogP contribution in [0.2, 0.25) is 19.6 Å². The third-order valence-corrected chi connectivity index (χ3v) is 5.66. The van der Waals surface area contributed by atoms with Gasteiger partial charge in [-0.25, -0.2) is 4.79 Å². The van der Waals surface area contributed by atoms with Crippen molar-refractivity contribution in [2.75, 3.05) is 7.11 Å². The Kier molecular flexibility index (Phi) is 5.88. The van der Waals surface area contributed by atoms with Crippen LogP contribution < -0.4 is 4.74 Å². The molecule has 0 bridgehead atoms. The van der Waals surface area contributed by atoms with Crippen molar-refractivity contribution in [3.63, 3.8) is 0 Å². The summed E-state index contributed by atoms with van der Waals surface area (Å²) in [4.78, 5) is 38.4. The van der Waals surface area contributed by atoms with Crippen molar-refractivity contribution in [2.24, 2.45) is 5.92 Å². The fraction of sp³-hybridized carbons (Fsp3) is 0.435. The highest BCUT2D eigenvalue weighted by Gasteiger charge is 2.42. The number of benzene rings is 1. The summed E-state index contributed by atoms with van der Waals surface area (Å²) in [5.74, 6) is -1.95. The van der Waals surface area contributed by atoms with E-state index in [1.807, 2.05) is 19.6 Å². The highest BCUT2D eigenvalue weighted by atomic mass is 28.4. The zero-order chi connectivity index (χ0) is 23.1. The molecule has 0 saturated heterocycles. The van der Waals surface area contributed by atoms with Gasteiger partial charge in [-0.2, -0.15) is 0 Å². The molecule has 0 spiro atoms. The number of carbonyl (C=O) groups excluding carboxylic acids is 3. The molecular formula is C23H28O7Si. The molecule has 1 aromatic carbocycles. The number of allylic oxidation sites excluding steroid dienone is 2. The fourth-order valence-corrected chi connectivity index (χ4v) is 4.66. The number of ketones is 2. The van der Waals surface area contributed by atoms with E-state index in [1.54, 1.807) is 32.0 Å². The summed E-state index contributed by atoms with van der Waals surface area (Å²) >= 11 is 0. The molecule has 1 aliphatic carbocycles. The molecule has 8 heteroatoms. The number of rotatable bonds is 6. The first-order chi connectivity index (χ1) is 14.3. The Morgan fingerprint density at radius 3 is 2.39 bits per heavy atom. The van der Waals surface area contributed by atoms with Crippen LogP contribution in [-0.2, 0) is 23.5 Å². The van der Waals surface area contributed by atoms with Crippen LogP contribution in [0, 0.1) is 5.92 Å². The van der Waals surface area contributed by atoms with Crippen LogP contribution in [0.1, 0.15) is 43.1 Å². The van der Waals surface area contributed by atoms with Crippen molar-refractivity contribution in [1.82, 2.24) is 0 Å². The molecule has 3 rings (SSSR count). The molecule has 0 radical (unpaired) electrons. The highest BCUT2D eigenvalue weighted by molar-refractivity contribution is 6.70. The van der Waals surface area contributed by atoms with Crippen LogP contribution in [0.5, 0.6) is 5.75 Å². The molecule has 1 unspecified atom stereocenters. The van der Waals surface area contributed by atoms with Crippen molar-refractivity contribution >= 4 is 31.6 Å². The molecule has 1 aromatic rings. The number of ether oxygens (including phenoxy) is 3. The first-order valence-corrected chi connectivity index (χ1v) is 13.5. The van der Waals surface area contributed by atoms with Crippen LogP contribution in [0.4, 0.5) is 0 Å². The van der Waals surface area contributed by atoms with Gasteiger partial charge in [-0.1, -0.05) is 12.1 Å². The van der Waals surface area contributed by atoms with E-state index >= 15 is 0 Å². The molecule has 0 aromatic heterocycles. The zero-order valence-electron chi connectivity index (χ0n) is 19.0. The standard InChI is InChI=1S/C23H28O7Si/c1-13(24)19-16(11-14-12-18(25)29-23(2,3)28-14)21(26)15-9-8-10-17(27-4)20(15)22(19)30-31(5,6)7/h8-10,12,16H,11H2,1-7H3. The third-order valence-electron chi connectivity index (χ3n) is 4.84. The Bertz CT molecular complexity index is 1010. The summed E-state index contributed by atoms with van der Waals surface area (Å²) in [6.45, 7) is 10.7. The molecule has 0 fully saturated rings. The highest BCUT2D eigenvalue weighted by Crippen LogP contribution is 2.44. The molecule has 2 aliphatic rings. The Morgan fingerprint density at radius 1 is 1.16 bits per heavy atom. The second-order valence-electron chi connectivity index (χ2n) is 9.05. The Morgan fingerprint density at radius 2 is 1.84 bits per heavy atom. The summed E-state index contributed by atoms with van der Waals surface area (Å²) < 4.78 is 22.8. The topological polar surface area (TPSA) is 88.1 Å². The number of esters is 1. The average Bonchev–Trinajstić information content (AvgIpc) is 2.61. The number of cyclic esters (lactones) is 1. The minimum absolute atomic E-state index is 0.0431. The maximum Gasteiger partial charge on any atom is 0.337 e. The molecule has 0 saturated carbocycles. The molecule has 166 valence electrons. The SMILES string of the molecule is COc1cccc2c1C(O[Si](C)(C)C)=C(C(C)=O)C(CC1=CC(=O)OC(C)(C)O1)C2=O. The van der Waals surface area contributed by atoms with Gasteiger partial charge in [0, 0.05) is 31.4 Å². The Balaban J connectivity index is 2.20. The minimum atomic E-state index is -2.17. The molecular weight excluding hydrogens is 416 g/mol. The summed E-state index contributed by atoms with van der Waals surface area (Å²) in [5.41, 5.74) is 1.18. The average molecular weight is 445 g/mol. The van der Waals surface area contributed by atoms with Gasteiger partial charge in [0.2, 0.25) is 14.1 Å². The van der Waals surface area contributed by atoms with E-state index in [4.69, 9.17) is 18.6 Å². The predicted octanol–water partition coefficient (Wildman–Crippen LogP) is 4.24. The first kappa shape index (κ1) is 22.8. The van der Waals surface area contributed by atoms with Gasteiger partial charge in [0.1, 0.15) is 17.3 Å². The number of fused-ring (bicyclic) bond motifs is 1. The molecule has 1 atom stereocenters. The third kappa shape index (κ3) is 4.74. The number of methoxy groups -OCH3 is 1. The minimum Gasteiger partial charge on any atom is -0.544 e. The summed E-state index contributed by atoms with van der Waals surface area (Å²) in [6, 6.07) is 5.17. The van der Waals surface area contributed by atoms with Crippen LogP contribution in [0.15, 0.2) is 35.6 Å². The van der Waals surface area contributed by atoms with Crippen molar-refractivity contribution in [3.05, 3.63) is 46.7 Å². The number of Topliss-reactive ketones (excluding diaryl/α,β-unsaturated/α-hetero) is 2. The maximum absolute atomic E-state index is 13.5. The monoisotopic (exact) mass is 444 g/mol. The van der Waals surface area contributed by atoms with E-state index < -0.39 is 26.0 Å². The van der Waals surface area contributed by atoms with Crippen LogP contribution >= 0.6 is 0 Å². The molecule has 7 nitrogen and oxygen atoms in total. The summed E-state index contributed by atoms with van der Waals surface area (Å²) in [7, 11) is -0.657. The van der Waals surface area contributed by atoms with Gasteiger partial charge >= 0.3 is 5.97 Å². The molecule has 1 aliphatic heterocycles. The lowest BCUT2D eigenvalue weighted by atomic mass is 9.77. The fourth-order valence-electron chi connectivity index (χ4n) is 3.84. The first-order valence-electron chi connectivity index (χ1n) is 10.1. The van der Waals surface area contributed by atoms with E-state index in [0.29, 0.717) is 22.6 Å². The largest absolute Gasteiger partial charge is 0.544 e. The van der Waals surface area contributed by atoms with Crippen LogP contribution in [-0.4, -0.2) is 38.8 Å². The van der Waals surface area contributed by atoms with Gasteiger partial charge in [0.15, 0.2) is 11.6 Å². The van der Waals surface area contributed by atoms with Crippen molar-refractivity contribution < 1.29 is 33.0 Å². The van der Waals surface area contributed by atoms with E-state index in [-0.39, 0.29) is 29.3 Å². The van der Waals surface area contributed by atoms with Gasteiger partial charge in [0.25, 0.3) is 0 Å². The summed E-state index contributed by atoms with van der Waals surface area (Å²) in [6.07, 6.45) is 1.26. The second kappa shape index (κ2) is 7.99. The van der Waals surface area contributed by atoms with E-state index in [9.17, 15) is 14.4 Å². The molecule has 0 amide bonds. The molecule has 1 heterocycles. The number of hydrogen-bond donors (Lipinski definition) is 0. The van der Waals surface area contributed by atoms with Crippen molar-refractivity contribution in [3.8, 4) is 5.75 Å².